The van der Waals surface area contributed by atoms with Gasteiger partial charge in [0.15, 0.2) is 0 Å². The van der Waals surface area contributed by atoms with E-state index >= 15 is 0 Å². The fourth-order valence-electron chi connectivity index (χ4n) is 3.48. The van der Waals surface area contributed by atoms with Crippen molar-refractivity contribution >= 4 is 17.5 Å². The van der Waals surface area contributed by atoms with E-state index in [1.807, 2.05) is 47.4 Å². The molecule has 0 radical (unpaired) electrons. The standard InChI is InChI=1S/C21H25ClN2O3/c1-26-19-6-4-3-5-16(19)18-14-23-11-12-24(18)21(25)10-8-15-7-9-20(27-2)17(22)13-15/h3-7,9,13,18,23H,8,10-12,14H2,1-2H3. The summed E-state index contributed by atoms with van der Waals surface area (Å²) in [6.07, 6.45) is 1.08. The van der Waals surface area contributed by atoms with Crippen molar-refractivity contribution in [1.82, 2.24) is 10.2 Å². The molecule has 1 unspecified atom stereocenters. The van der Waals surface area contributed by atoms with Crippen LogP contribution in [0.15, 0.2) is 42.5 Å². The third-order valence-corrected chi connectivity index (χ3v) is 5.20. The van der Waals surface area contributed by atoms with Gasteiger partial charge >= 0.3 is 0 Å². The second kappa shape index (κ2) is 9.11. The van der Waals surface area contributed by atoms with Gasteiger partial charge in [0.25, 0.3) is 0 Å². The molecule has 3 rings (SSSR count). The summed E-state index contributed by atoms with van der Waals surface area (Å²) in [6.45, 7) is 2.21. The third kappa shape index (κ3) is 4.54. The first-order valence-electron chi connectivity index (χ1n) is 9.09. The van der Waals surface area contributed by atoms with E-state index in [2.05, 4.69) is 5.32 Å². The summed E-state index contributed by atoms with van der Waals surface area (Å²) >= 11 is 6.19. The maximum Gasteiger partial charge on any atom is 0.223 e. The number of amides is 1. The van der Waals surface area contributed by atoms with Crippen molar-refractivity contribution in [3.8, 4) is 11.5 Å². The third-order valence-electron chi connectivity index (χ3n) is 4.91. The minimum Gasteiger partial charge on any atom is -0.496 e. The van der Waals surface area contributed by atoms with E-state index in [-0.39, 0.29) is 11.9 Å². The Labute approximate surface area is 165 Å². The van der Waals surface area contributed by atoms with Crippen LogP contribution in [0, 0.1) is 0 Å². The molecule has 1 aliphatic heterocycles. The zero-order valence-electron chi connectivity index (χ0n) is 15.7. The Balaban J connectivity index is 1.71. The van der Waals surface area contributed by atoms with Crippen LogP contribution in [0.4, 0.5) is 0 Å². The number of hydrogen-bond acceptors (Lipinski definition) is 4. The lowest BCUT2D eigenvalue weighted by Crippen LogP contribution is -2.48. The van der Waals surface area contributed by atoms with E-state index in [0.29, 0.717) is 30.2 Å². The molecular weight excluding hydrogens is 364 g/mol. The number of carbonyl (C=O) groups is 1. The first kappa shape index (κ1) is 19.5. The van der Waals surface area contributed by atoms with Gasteiger partial charge in [-0.15, -0.1) is 0 Å². The average Bonchev–Trinajstić information content (AvgIpc) is 2.72. The number of halogens is 1. The van der Waals surface area contributed by atoms with E-state index < -0.39 is 0 Å². The minimum atomic E-state index is -0.0261. The fraction of sp³-hybridized carbons (Fsp3) is 0.381. The second-order valence-electron chi connectivity index (χ2n) is 6.52. The Morgan fingerprint density at radius 3 is 2.70 bits per heavy atom. The molecule has 0 bridgehead atoms. The van der Waals surface area contributed by atoms with Gasteiger partial charge in [0.05, 0.1) is 25.3 Å². The largest absolute Gasteiger partial charge is 0.496 e. The summed E-state index contributed by atoms with van der Waals surface area (Å²) in [5.41, 5.74) is 2.06. The number of carbonyl (C=O) groups excluding carboxylic acids is 1. The molecule has 1 saturated heterocycles. The van der Waals surface area contributed by atoms with Crippen molar-refractivity contribution in [2.45, 2.75) is 18.9 Å². The second-order valence-corrected chi connectivity index (χ2v) is 6.93. The molecule has 1 N–H and O–H groups in total. The lowest BCUT2D eigenvalue weighted by atomic mass is 10.0. The van der Waals surface area contributed by atoms with Crippen LogP contribution >= 0.6 is 11.6 Å². The zero-order valence-corrected chi connectivity index (χ0v) is 16.5. The van der Waals surface area contributed by atoms with Gasteiger partial charge in [-0.05, 0) is 30.2 Å². The van der Waals surface area contributed by atoms with E-state index in [0.717, 1.165) is 30.0 Å². The molecule has 2 aromatic rings. The maximum absolute atomic E-state index is 13.0. The molecule has 0 aliphatic carbocycles. The van der Waals surface area contributed by atoms with Crippen molar-refractivity contribution < 1.29 is 14.3 Å². The van der Waals surface area contributed by atoms with Crippen LogP contribution in [0.3, 0.4) is 0 Å². The molecule has 1 atom stereocenters. The maximum atomic E-state index is 13.0. The Kier molecular flexibility index (Phi) is 6.58. The van der Waals surface area contributed by atoms with Crippen LogP contribution in [0.1, 0.15) is 23.6 Å². The lowest BCUT2D eigenvalue weighted by molar-refractivity contribution is -0.134. The van der Waals surface area contributed by atoms with Gasteiger partial charge in [0, 0.05) is 31.6 Å². The van der Waals surface area contributed by atoms with Crippen LogP contribution < -0.4 is 14.8 Å². The SMILES string of the molecule is COc1ccc(CCC(=O)N2CCNCC2c2ccccc2OC)cc1Cl. The van der Waals surface area contributed by atoms with Crippen LogP contribution in [-0.2, 0) is 11.2 Å². The molecule has 1 aliphatic rings. The predicted octanol–water partition coefficient (Wildman–Crippen LogP) is 3.46. The molecule has 0 aromatic heterocycles. The summed E-state index contributed by atoms with van der Waals surface area (Å²) < 4.78 is 10.7. The highest BCUT2D eigenvalue weighted by Gasteiger charge is 2.29. The fourth-order valence-corrected chi connectivity index (χ4v) is 3.76. The molecular formula is C21H25ClN2O3. The number of nitrogens with zero attached hydrogens (tertiary/aromatic N) is 1. The van der Waals surface area contributed by atoms with Crippen LogP contribution in [-0.4, -0.2) is 44.7 Å². The van der Waals surface area contributed by atoms with Crippen molar-refractivity contribution in [1.29, 1.82) is 0 Å². The van der Waals surface area contributed by atoms with Gasteiger partial charge in [-0.3, -0.25) is 4.79 Å². The van der Waals surface area contributed by atoms with Crippen molar-refractivity contribution in [2.24, 2.45) is 0 Å². The number of para-hydroxylation sites is 1. The molecule has 27 heavy (non-hydrogen) atoms. The van der Waals surface area contributed by atoms with Crippen molar-refractivity contribution in [3.63, 3.8) is 0 Å². The van der Waals surface area contributed by atoms with Gasteiger partial charge < -0.3 is 19.7 Å². The molecule has 0 saturated carbocycles. The Morgan fingerprint density at radius 1 is 1.19 bits per heavy atom. The molecule has 0 spiro atoms. The number of methoxy groups -OCH3 is 2. The van der Waals surface area contributed by atoms with E-state index in [4.69, 9.17) is 21.1 Å². The monoisotopic (exact) mass is 388 g/mol. The minimum absolute atomic E-state index is 0.0261. The van der Waals surface area contributed by atoms with Crippen LogP contribution in [0.2, 0.25) is 5.02 Å². The average molecular weight is 389 g/mol. The van der Waals surface area contributed by atoms with Gasteiger partial charge in [0.1, 0.15) is 11.5 Å². The molecule has 5 nitrogen and oxygen atoms in total. The Morgan fingerprint density at radius 2 is 1.96 bits per heavy atom. The van der Waals surface area contributed by atoms with Gasteiger partial charge in [-0.1, -0.05) is 35.9 Å². The molecule has 2 aromatic carbocycles. The molecule has 1 fully saturated rings. The zero-order chi connectivity index (χ0) is 19.2. The highest BCUT2D eigenvalue weighted by Crippen LogP contribution is 2.31. The Hall–Kier alpha value is -2.24. The molecule has 1 amide bonds. The summed E-state index contributed by atoms with van der Waals surface area (Å²) in [4.78, 5) is 14.9. The van der Waals surface area contributed by atoms with E-state index in [1.54, 1.807) is 14.2 Å². The quantitative estimate of drug-likeness (QED) is 0.823. The number of ether oxygens (including phenoxy) is 2. The molecule has 6 heteroatoms. The number of hydrogen-bond donors (Lipinski definition) is 1. The summed E-state index contributed by atoms with van der Waals surface area (Å²) in [7, 11) is 3.25. The van der Waals surface area contributed by atoms with Crippen LogP contribution in [0.25, 0.3) is 0 Å². The topological polar surface area (TPSA) is 50.8 Å². The van der Waals surface area contributed by atoms with Gasteiger partial charge in [-0.25, -0.2) is 0 Å². The molecule has 144 valence electrons. The lowest BCUT2D eigenvalue weighted by Gasteiger charge is -2.37. The number of benzene rings is 2. The predicted molar refractivity (Wildman–Crippen MR) is 107 cm³/mol. The summed E-state index contributed by atoms with van der Waals surface area (Å²) in [5, 5.41) is 3.95. The first-order chi connectivity index (χ1) is 13.1. The number of aryl methyl sites for hydroxylation is 1. The smallest absolute Gasteiger partial charge is 0.223 e. The first-order valence-corrected chi connectivity index (χ1v) is 9.47. The summed E-state index contributed by atoms with van der Waals surface area (Å²) in [6, 6.07) is 13.5. The highest BCUT2D eigenvalue weighted by molar-refractivity contribution is 6.32. The van der Waals surface area contributed by atoms with Crippen molar-refractivity contribution in [3.05, 3.63) is 58.6 Å². The summed E-state index contributed by atoms with van der Waals surface area (Å²) in [5.74, 6) is 1.59. The van der Waals surface area contributed by atoms with Crippen LogP contribution in [0.5, 0.6) is 11.5 Å². The number of nitrogens with one attached hydrogen (secondary N) is 1. The number of piperazine rings is 1. The van der Waals surface area contributed by atoms with Crippen molar-refractivity contribution in [2.75, 3.05) is 33.9 Å². The Bertz CT molecular complexity index is 797. The van der Waals surface area contributed by atoms with Gasteiger partial charge in [-0.2, -0.15) is 0 Å². The number of rotatable bonds is 6. The normalized spacial score (nSPS) is 16.9. The molecule has 1 heterocycles. The van der Waals surface area contributed by atoms with Gasteiger partial charge in [0.2, 0.25) is 5.91 Å². The van der Waals surface area contributed by atoms with E-state index in [1.165, 1.54) is 0 Å². The highest BCUT2D eigenvalue weighted by atomic mass is 35.5. The van der Waals surface area contributed by atoms with E-state index in [9.17, 15) is 4.79 Å².